The Morgan fingerprint density at radius 1 is 1.08 bits per heavy atom. The molecule has 1 aromatic carbocycles. The molecule has 1 rings (SSSR count). The van der Waals surface area contributed by atoms with Crippen LogP contribution in [0.1, 0.15) is 5.56 Å². The number of aliphatic hydroxyl groups is 1. The molecule has 0 atom stereocenters. The van der Waals surface area contributed by atoms with Crippen LogP contribution >= 0.6 is 0 Å². The number of methoxy groups -OCH3 is 2. The van der Waals surface area contributed by atoms with E-state index in [1.54, 1.807) is 24.3 Å². The fourth-order valence-corrected chi connectivity index (χ4v) is 0.968. The van der Waals surface area contributed by atoms with Crippen LogP contribution in [-0.2, 0) is 15.4 Å². The van der Waals surface area contributed by atoms with Crippen LogP contribution in [0.2, 0.25) is 0 Å². The van der Waals surface area contributed by atoms with Crippen molar-refractivity contribution in [2.75, 3.05) is 14.2 Å². The molecule has 0 aliphatic heterocycles. The van der Waals surface area contributed by atoms with E-state index in [1.165, 1.54) is 14.2 Å². The highest BCUT2D eigenvalue weighted by Gasteiger charge is 2.28. The van der Waals surface area contributed by atoms with Crippen molar-refractivity contribution in [2.24, 2.45) is 0 Å². The van der Waals surface area contributed by atoms with Gasteiger partial charge in [-0.05, 0) is 0 Å². The van der Waals surface area contributed by atoms with E-state index in [4.69, 9.17) is 9.47 Å². The zero-order valence-corrected chi connectivity index (χ0v) is 7.15. The molecule has 0 radical (unpaired) electrons. The summed E-state index contributed by atoms with van der Waals surface area (Å²) in [5.74, 6) is -1.62. The molecule has 0 aliphatic carbocycles. The van der Waals surface area contributed by atoms with Crippen molar-refractivity contribution in [1.82, 2.24) is 0 Å². The number of rotatable bonds is 3. The number of ether oxygens (including phenoxy) is 2. The van der Waals surface area contributed by atoms with E-state index in [0.29, 0.717) is 5.56 Å². The zero-order chi connectivity index (χ0) is 9.03. The van der Waals surface area contributed by atoms with Gasteiger partial charge < -0.3 is 14.6 Å². The molecule has 0 fully saturated rings. The SMILES string of the molecule is COC(O)(OC)c1ccccc1. The monoisotopic (exact) mass is 168 g/mol. The van der Waals surface area contributed by atoms with E-state index in [9.17, 15) is 5.11 Å². The van der Waals surface area contributed by atoms with Gasteiger partial charge in [-0.1, -0.05) is 30.3 Å². The minimum atomic E-state index is -1.62. The van der Waals surface area contributed by atoms with Crippen molar-refractivity contribution in [3.05, 3.63) is 35.9 Å². The topological polar surface area (TPSA) is 38.7 Å². The molecule has 0 bridgehead atoms. The predicted octanol–water partition coefficient (Wildman–Crippen LogP) is 1.08. The average molecular weight is 168 g/mol. The Kier molecular flexibility index (Phi) is 2.81. The van der Waals surface area contributed by atoms with Crippen LogP contribution in [0.4, 0.5) is 0 Å². The summed E-state index contributed by atoms with van der Waals surface area (Å²) >= 11 is 0. The van der Waals surface area contributed by atoms with Crippen molar-refractivity contribution in [3.8, 4) is 0 Å². The zero-order valence-electron chi connectivity index (χ0n) is 7.15. The van der Waals surface area contributed by atoms with Crippen molar-refractivity contribution in [2.45, 2.75) is 5.97 Å². The third kappa shape index (κ3) is 1.64. The van der Waals surface area contributed by atoms with E-state index in [0.717, 1.165) is 0 Å². The molecule has 0 aliphatic rings. The van der Waals surface area contributed by atoms with E-state index >= 15 is 0 Å². The summed E-state index contributed by atoms with van der Waals surface area (Å²) in [6, 6.07) is 8.92. The fourth-order valence-electron chi connectivity index (χ4n) is 0.968. The maximum atomic E-state index is 9.66. The lowest BCUT2D eigenvalue weighted by Gasteiger charge is -2.24. The third-order valence-corrected chi connectivity index (χ3v) is 1.69. The molecule has 3 heteroatoms. The molecule has 1 N–H and O–H groups in total. The summed E-state index contributed by atoms with van der Waals surface area (Å²) < 4.78 is 9.61. The molecule has 0 unspecified atom stereocenters. The second kappa shape index (κ2) is 3.67. The molecule has 3 nitrogen and oxygen atoms in total. The highest BCUT2D eigenvalue weighted by molar-refractivity contribution is 5.17. The molecule has 12 heavy (non-hydrogen) atoms. The van der Waals surface area contributed by atoms with Gasteiger partial charge in [0.25, 0.3) is 0 Å². The second-order valence-corrected chi connectivity index (χ2v) is 2.36. The normalized spacial score (nSPS) is 11.6. The molecule has 66 valence electrons. The lowest BCUT2D eigenvalue weighted by molar-refractivity contribution is -0.352. The van der Waals surface area contributed by atoms with Gasteiger partial charge in [0.05, 0.1) is 0 Å². The van der Waals surface area contributed by atoms with Gasteiger partial charge in [0.15, 0.2) is 0 Å². The molecular formula is C9H12O3. The van der Waals surface area contributed by atoms with Gasteiger partial charge in [0, 0.05) is 19.8 Å². The Labute approximate surface area is 71.5 Å². The number of hydrogen-bond acceptors (Lipinski definition) is 3. The first-order valence-corrected chi connectivity index (χ1v) is 3.61. The van der Waals surface area contributed by atoms with E-state index in [2.05, 4.69) is 0 Å². The van der Waals surface area contributed by atoms with Crippen LogP contribution in [0, 0.1) is 0 Å². The fraction of sp³-hybridized carbons (Fsp3) is 0.333. The van der Waals surface area contributed by atoms with Crippen LogP contribution in [0.5, 0.6) is 0 Å². The Morgan fingerprint density at radius 3 is 2.00 bits per heavy atom. The first kappa shape index (κ1) is 9.19. The van der Waals surface area contributed by atoms with Gasteiger partial charge >= 0.3 is 5.97 Å². The van der Waals surface area contributed by atoms with E-state index < -0.39 is 5.97 Å². The van der Waals surface area contributed by atoms with Crippen molar-refractivity contribution >= 4 is 0 Å². The lowest BCUT2D eigenvalue weighted by atomic mass is 10.2. The molecular weight excluding hydrogens is 156 g/mol. The highest BCUT2D eigenvalue weighted by atomic mass is 16.8. The standard InChI is InChI=1S/C9H12O3/c1-11-9(10,12-2)8-6-4-3-5-7-8/h3-7,10H,1-2H3. The average Bonchev–Trinajstić information content (AvgIpc) is 2.18. The number of benzene rings is 1. The molecule has 0 aromatic heterocycles. The highest BCUT2D eigenvalue weighted by Crippen LogP contribution is 2.21. The number of hydrogen-bond donors (Lipinski definition) is 1. The summed E-state index contributed by atoms with van der Waals surface area (Å²) in [7, 11) is 2.77. The van der Waals surface area contributed by atoms with Crippen LogP contribution in [-0.4, -0.2) is 19.3 Å². The van der Waals surface area contributed by atoms with Crippen LogP contribution in [0.3, 0.4) is 0 Å². The first-order chi connectivity index (χ1) is 5.73. The van der Waals surface area contributed by atoms with E-state index in [1.807, 2.05) is 6.07 Å². The van der Waals surface area contributed by atoms with Crippen molar-refractivity contribution in [3.63, 3.8) is 0 Å². The van der Waals surface area contributed by atoms with Gasteiger partial charge in [-0.15, -0.1) is 0 Å². The third-order valence-electron chi connectivity index (χ3n) is 1.69. The Bertz CT molecular complexity index is 229. The minimum Gasteiger partial charge on any atom is -0.339 e. The maximum absolute atomic E-state index is 9.66. The van der Waals surface area contributed by atoms with Gasteiger partial charge in [0.1, 0.15) is 0 Å². The summed E-state index contributed by atoms with van der Waals surface area (Å²) in [6.45, 7) is 0. The predicted molar refractivity (Wildman–Crippen MR) is 44.4 cm³/mol. The van der Waals surface area contributed by atoms with Crippen LogP contribution in [0.15, 0.2) is 30.3 Å². The molecule has 0 saturated heterocycles. The van der Waals surface area contributed by atoms with Crippen LogP contribution in [0.25, 0.3) is 0 Å². The Balaban J connectivity index is 2.95. The summed E-state index contributed by atoms with van der Waals surface area (Å²) in [5, 5.41) is 9.66. The molecule has 1 aromatic rings. The molecule has 0 amide bonds. The summed E-state index contributed by atoms with van der Waals surface area (Å²) in [5.41, 5.74) is 0.579. The summed E-state index contributed by atoms with van der Waals surface area (Å²) in [4.78, 5) is 0. The Morgan fingerprint density at radius 2 is 1.58 bits per heavy atom. The smallest absolute Gasteiger partial charge is 0.308 e. The van der Waals surface area contributed by atoms with E-state index in [-0.39, 0.29) is 0 Å². The molecule has 0 saturated carbocycles. The molecule has 0 heterocycles. The van der Waals surface area contributed by atoms with Gasteiger partial charge in [-0.2, -0.15) is 0 Å². The molecule has 0 spiro atoms. The van der Waals surface area contributed by atoms with Crippen molar-refractivity contribution < 1.29 is 14.6 Å². The first-order valence-electron chi connectivity index (χ1n) is 3.61. The second-order valence-electron chi connectivity index (χ2n) is 2.36. The largest absolute Gasteiger partial charge is 0.339 e. The maximum Gasteiger partial charge on any atom is 0.308 e. The minimum absolute atomic E-state index is 0.579. The van der Waals surface area contributed by atoms with Gasteiger partial charge in [0.2, 0.25) is 0 Å². The van der Waals surface area contributed by atoms with Gasteiger partial charge in [-0.25, -0.2) is 0 Å². The van der Waals surface area contributed by atoms with Crippen LogP contribution < -0.4 is 0 Å². The Hall–Kier alpha value is -0.900. The lowest BCUT2D eigenvalue weighted by Crippen LogP contribution is -2.29. The van der Waals surface area contributed by atoms with Crippen molar-refractivity contribution in [1.29, 1.82) is 0 Å². The summed E-state index contributed by atoms with van der Waals surface area (Å²) in [6.07, 6.45) is 0. The van der Waals surface area contributed by atoms with Gasteiger partial charge in [-0.3, -0.25) is 0 Å². The quantitative estimate of drug-likeness (QED) is 0.686.